The van der Waals surface area contributed by atoms with E-state index in [1.165, 1.54) is 0 Å². The number of esters is 1. The average Bonchev–Trinajstić information content (AvgIpc) is 2.36. The van der Waals surface area contributed by atoms with Gasteiger partial charge in [-0.25, -0.2) is 4.79 Å². The molecule has 11 heavy (non-hydrogen) atoms. The summed E-state index contributed by atoms with van der Waals surface area (Å²) in [5.74, 6) is -0.208. The second kappa shape index (κ2) is 3.53. The zero-order valence-electron chi connectivity index (χ0n) is 6.67. The van der Waals surface area contributed by atoms with Gasteiger partial charge in [-0.15, -0.1) is 0 Å². The predicted octanol–water partition coefficient (Wildman–Crippen LogP) is 0.597. The Morgan fingerprint density at radius 1 is 1.91 bits per heavy atom. The summed E-state index contributed by atoms with van der Waals surface area (Å²) >= 11 is 0. The van der Waals surface area contributed by atoms with Gasteiger partial charge in [-0.2, -0.15) is 0 Å². The van der Waals surface area contributed by atoms with Crippen LogP contribution in [0.5, 0.6) is 0 Å². The van der Waals surface area contributed by atoms with Crippen molar-refractivity contribution in [3.63, 3.8) is 0 Å². The summed E-state index contributed by atoms with van der Waals surface area (Å²) in [6.45, 7) is 2.23. The molecule has 0 aromatic carbocycles. The highest BCUT2D eigenvalue weighted by molar-refractivity contribution is 5.89. The maximum atomic E-state index is 11.0. The van der Waals surface area contributed by atoms with Crippen LogP contribution in [0.15, 0.2) is 11.6 Å². The molecule has 0 heterocycles. The van der Waals surface area contributed by atoms with Gasteiger partial charge in [0.25, 0.3) is 0 Å². The Morgan fingerprint density at radius 2 is 2.64 bits per heavy atom. The van der Waals surface area contributed by atoms with Crippen molar-refractivity contribution in [2.75, 3.05) is 6.61 Å². The van der Waals surface area contributed by atoms with E-state index in [2.05, 4.69) is 0 Å². The molecule has 0 aliphatic heterocycles. The largest absolute Gasteiger partial charge is 0.463 e. The number of hydrogen-bond donors (Lipinski definition) is 1. The minimum Gasteiger partial charge on any atom is -0.463 e. The maximum Gasteiger partial charge on any atom is 0.333 e. The topological polar surface area (TPSA) is 52.3 Å². The van der Waals surface area contributed by atoms with Crippen molar-refractivity contribution in [2.24, 2.45) is 5.73 Å². The van der Waals surface area contributed by atoms with Crippen LogP contribution in [0, 0.1) is 0 Å². The summed E-state index contributed by atoms with van der Waals surface area (Å²) in [7, 11) is 0. The van der Waals surface area contributed by atoms with Gasteiger partial charge in [-0.05, 0) is 19.8 Å². The highest BCUT2D eigenvalue weighted by Gasteiger charge is 2.19. The number of hydrogen-bond acceptors (Lipinski definition) is 3. The third-order valence-electron chi connectivity index (χ3n) is 1.69. The van der Waals surface area contributed by atoms with Gasteiger partial charge in [0.05, 0.1) is 6.61 Å². The standard InChI is InChI=1S/C8H13NO2/c1-2-11-8(10)6-3-4-7(9)5-6/h3,7H,2,4-5,9H2,1H3/t7-/m1/s1. The molecule has 0 saturated heterocycles. The molecule has 3 heteroatoms. The van der Waals surface area contributed by atoms with Crippen LogP contribution in [0.4, 0.5) is 0 Å². The SMILES string of the molecule is CCOC(=O)C1=CC[C@@H](N)C1. The quantitative estimate of drug-likeness (QED) is 0.594. The normalized spacial score (nSPS) is 23.1. The molecule has 62 valence electrons. The van der Waals surface area contributed by atoms with Crippen molar-refractivity contribution >= 4 is 5.97 Å². The fourth-order valence-electron chi connectivity index (χ4n) is 1.13. The monoisotopic (exact) mass is 155 g/mol. The van der Waals surface area contributed by atoms with Crippen LogP contribution >= 0.6 is 0 Å². The van der Waals surface area contributed by atoms with E-state index in [-0.39, 0.29) is 12.0 Å². The van der Waals surface area contributed by atoms with Gasteiger partial charge in [0, 0.05) is 11.6 Å². The van der Waals surface area contributed by atoms with Gasteiger partial charge in [0.15, 0.2) is 0 Å². The van der Waals surface area contributed by atoms with E-state index in [0.29, 0.717) is 13.0 Å². The molecule has 0 aromatic rings. The van der Waals surface area contributed by atoms with Crippen molar-refractivity contribution in [3.8, 4) is 0 Å². The fourth-order valence-corrected chi connectivity index (χ4v) is 1.13. The van der Waals surface area contributed by atoms with Gasteiger partial charge in [0.1, 0.15) is 0 Å². The Balaban J connectivity index is 2.43. The summed E-state index contributed by atoms with van der Waals surface area (Å²) in [4.78, 5) is 11.0. The van der Waals surface area contributed by atoms with E-state index in [1.807, 2.05) is 6.08 Å². The molecule has 0 amide bonds. The average molecular weight is 155 g/mol. The van der Waals surface area contributed by atoms with Crippen molar-refractivity contribution in [1.82, 2.24) is 0 Å². The first-order chi connectivity index (χ1) is 5.24. The molecule has 1 atom stereocenters. The van der Waals surface area contributed by atoms with E-state index < -0.39 is 0 Å². The molecule has 3 nitrogen and oxygen atoms in total. The first kappa shape index (κ1) is 8.27. The van der Waals surface area contributed by atoms with Crippen LogP contribution in [0.1, 0.15) is 19.8 Å². The van der Waals surface area contributed by atoms with E-state index in [0.717, 1.165) is 12.0 Å². The lowest BCUT2D eigenvalue weighted by Crippen LogP contribution is -2.17. The minimum atomic E-state index is -0.208. The molecular formula is C8H13NO2. The summed E-state index contributed by atoms with van der Waals surface area (Å²) in [5.41, 5.74) is 6.33. The molecule has 0 spiro atoms. The maximum absolute atomic E-state index is 11.0. The Hall–Kier alpha value is -0.830. The third-order valence-corrected chi connectivity index (χ3v) is 1.69. The van der Waals surface area contributed by atoms with Crippen molar-refractivity contribution in [3.05, 3.63) is 11.6 Å². The van der Waals surface area contributed by atoms with E-state index in [1.54, 1.807) is 6.92 Å². The summed E-state index contributed by atoms with van der Waals surface area (Å²) in [5, 5.41) is 0. The number of carbonyl (C=O) groups is 1. The molecule has 2 N–H and O–H groups in total. The molecule has 0 radical (unpaired) electrons. The number of ether oxygens (including phenoxy) is 1. The zero-order chi connectivity index (χ0) is 8.27. The molecule has 1 rings (SSSR count). The van der Waals surface area contributed by atoms with Crippen molar-refractivity contribution in [2.45, 2.75) is 25.8 Å². The lowest BCUT2D eigenvalue weighted by atomic mass is 10.2. The van der Waals surface area contributed by atoms with Gasteiger partial charge in [-0.3, -0.25) is 0 Å². The van der Waals surface area contributed by atoms with Crippen LogP contribution in [0.3, 0.4) is 0 Å². The number of nitrogens with two attached hydrogens (primary N) is 1. The molecule has 1 aliphatic rings. The molecule has 0 fully saturated rings. The molecule has 0 bridgehead atoms. The summed E-state index contributed by atoms with van der Waals surface area (Å²) < 4.78 is 4.81. The predicted molar refractivity (Wildman–Crippen MR) is 41.9 cm³/mol. The lowest BCUT2D eigenvalue weighted by molar-refractivity contribution is -0.138. The molecule has 1 aliphatic carbocycles. The second-order valence-corrected chi connectivity index (χ2v) is 2.65. The molecule has 0 aromatic heterocycles. The van der Waals surface area contributed by atoms with Crippen LogP contribution in [-0.4, -0.2) is 18.6 Å². The Bertz CT molecular complexity index is 187. The Labute approximate surface area is 66.2 Å². The third kappa shape index (κ3) is 2.05. The smallest absolute Gasteiger partial charge is 0.333 e. The molecular weight excluding hydrogens is 142 g/mol. The number of carbonyl (C=O) groups excluding carboxylic acids is 1. The number of rotatable bonds is 2. The van der Waals surface area contributed by atoms with Gasteiger partial charge in [0.2, 0.25) is 0 Å². The van der Waals surface area contributed by atoms with E-state index >= 15 is 0 Å². The Morgan fingerprint density at radius 3 is 3.09 bits per heavy atom. The fraction of sp³-hybridized carbons (Fsp3) is 0.625. The van der Waals surface area contributed by atoms with Crippen LogP contribution in [-0.2, 0) is 9.53 Å². The van der Waals surface area contributed by atoms with E-state index in [9.17, 15) is 4.79 Å². The van der Waals surface area contributed by atoms with Crippen LogP contribution < -0.4 is 5.73 Å². The van der Waals surface area contributed by atoms with Gasteiger partial charge >= 0.3 is 5.97 Å². The lowest BCUT2D eigenvalue weighted by Gasteiger charge is -2.02. The Kier molecular flexibility index (Phi) is 2.65. The highest BCUT2D eigenvalue weighted by atomic mass is 16.5. The first-order valence-corrected chi connectivity index (χ1v) is 3.85. The summed E-state index contributed by atoms with van der Waals surface area (Å²) in [6, 6.07) is 0.120. The van der Waals surface area contributed by atoms with Crippen molar-refractivity contribution in [1.29, 1.82) is 0 Å². The second-order valence-electron chi connectivity index (χ2n) is 2.65. The van der Waals surface area contributed by atoms with E-state index in [4.69, 9.17) is 10.5 Å². The van der Waals surface area contributed by atoms with Crippen LogP contribution in [0.25, 0.3) is 0 Å². The first-order valence-electron chi connectivity index (χ1n) is 3.85. The highest BCUT2D eigenvalue weighted by Crippen LogP contribution is 2.17. The molecule has 0 unspecified atom stereocenters. The van der Waals surface area contributed by atoms with Crippen molar-refractivity contribution < 1.29 is 9.53 Å². The zero-order valence-corrected chi connectivity index (χ0v) is 6.67. The van der Waals surface area contributed by atoms with Gasteiger partial charge in [-0.1, -0.05) is 6.08 Å². The minimum absolute atomic E-state index is 0.120. The molecule has 0 saturated carbocycles. The van der Waals surface area contributed by atoms with Crippen LogP contribution in [0.2, 0.25) is 0 Å². The summed E-state index contributed by atoms with van der Waals surface area (Å²) in [6.07, 6.45) is 3.33. The van der Waals surface area contributed by atoms with Gasteiger partial charge < -0.3 is 10.5 Å².